The van der Waals surface area contributed by atoms with Crippen LogP contribution in [0.5, 0.6) is 0 Å². The van der Waals surface area contributed by atoms with Crippen LogP contribution in [-0.4, -0.2) is 71.1 Å². The molecule has 0 bridgehead atoms. The first-order chi connectivity index (χ1) is 15.6. The maximum Gasteiger partial charge on any atom is 0.242 e. The second kappa shape index (κ2) is 8.58. The molecule has 0 aliphatic heterocycles. The second-order valence-corrected chi connectivity index (χ2v) is 10.2. The van der Waals surface area contributed by atoms with Crippen LogP contribution in [0.4, 0.5) is 0 Å². The molecule has 1 atom stereocenters. The molecule has 0 radical (unpaired) electrons. The van der Waals surface area contributed by atoms with Crippen molar-refractivity contribution in [2.45, 2.75) is 15.9 Å². The van der Waals surface area contributed by atoms with E-state index in [0.29, 0.717) is 11.2 Å². The molecule has 0 unspecified atom stereocenters. The van der Waals surface area contributed by atoms with Crippen LogP contribution in [-0.2, 0) is 20.0 Å². The Hall–Kier alpha value is -3.28. The number of hydrogen-bond acceptors (Lipinski definition) is 10. The number of primary sulfonamides is 1. The Kier molecular flexibility index (Phi) is 5.95. The predicted molar refractivity (Wildman–Crippen MR) is 115 cm³/mol. The van der Waals surface area contributed by atoms with Crippen molar-refractivity contribution in [2.75, 3.05) is 13.1 Å². The van der Waals surface area contributed by atoms with Gasteiger partial charge in [0, 0.05) is 31.7 Å². The van der Waals surface area contributed by atoms with Gasteiger partial charge in [-0.2, -0.15) is 5.21 Å². The molecule has 0 saturated carbocycles. The minimum Gasteiger partial charge on any atom is -0.390 e. The van der Waals surface area contributed by atoms with Gasteiger partial charge < -0.3 is 15.2 Å². The van der Waals surface area contributed by atoms with E-state index in [1.165, 1.54) is 6.07 Å². The van der Waals surface area contributed by atoms with Crippen molar-refractivity contribution in [3.05, 3.63) is 42.9 Å². The minimum atomic E-state index is -4.63. The number of nitrogens with one attached hydrogen (secondary N) is 2. The highest BCUT2D eigenvalue weighted by Gasteiger charge is 2.32. The quantitative estimate of drug-likeness (QED) is 0.189. The van der Waals surface area contributed by atoms with E-state index in [9.17, 15) is 21.9 Å². The molecule has 0 aliphatic rings. The maximum absolute atomic E-state index is 13.0. The highest BCUT2D eigenvalue weighted by Crippen LogP contribution is 2.38. The van der Waals surface area contributed by atoms with E-state index < -0.39 is 42.5 Å². The Labute approximate surface area is 187 Å². The standard InChI is InChI=1S/C17H19N9O5S2/c18-7-11(27)8-21-33(30,31)13-3-2-12(10-1-4-14-20-5-6-26(14)9-10)15(16(13)32(19,28)29)17-22-24-25-23-17/h1-6,9,11,21,27H,7-8,18H2,(H2,19,28,29)(H,22,23,24,25)/t11-/m0/s1. The molecule has 3 aromatic heterocycles. The second-order valence-electron chi connectivity index (χ2n) is 6.95. The summed E-state index contributed by atoms with van der Waals surface area (Å²) in [4.78, 5) is 2.80. The lowest BCUT2D eigenvalue weighted by atomic mass is 10.0. The summed E-state index contributed by atoms with van der Waals surface area (Å²) in [5.74, 6) is -0.182. The maximum atomic E-state index is 13.0. The average molecular weight is 494 g/mol. The van der Waals surface area contributed by atoms with Gasteiger partial charge in [-0.25, -0.2) is 31.7 Å². The molecular formula is C17H19N9O5S2. The summed E-state index contributed by atoms with van der Waals surface area (Å²) in [5, 5.41) is 28.5. The van der Waals surface area contributed by atoms with Gasteiger partial charge in [0.25, 0.3) is 0 Å². The molecule has 4 rings (SSSR count). The summed E-state index contributed by atoms with van der Waals surface area (Å²) < 4.78 is 55.1. The number of aromatic amines is 1. The lowest BCUT2D eigenvalue weighted by molar-refractivity contribution is 0.186. The Morgan fingerprint density at radius 1 is 1.18 bits per heavy atom. The lowest BCUT2D eigenvalue weighted by Crippen LogP contribution is -2.36. The van der Waals surface area contributed by atoms with Crippen LogP contribution < -0.4 is 15.6 Å². The van der Waals surface area contributed by atoms with E-state index in [2.05, 4.69) is 30.3 Å². The van der Waals surface area contributed by atoms with Crippen molar-refractivity contribution >= 4 is 25.7 Å². The van der Waals surface area contributed by atoms with Gasteiger partial charge in [0.15, 0.2) is 0 Å². The first kappa shape index (κ1) is 22.9. The molecular weight excluding hydrogens is 474 g/mol. The number of pyridine rings is 1. The number of tetrazole rings is 1. The summed E-state index contributed by atoms with van der Waals surface area (Å²) in [6, 6.07) is 5.89. The van der Waals surface area contributed by atoms with Crippen molar-refractivity contribution in [1.82, 2.24) is 34.7 Å². The molecule has 1 aromatic carbocycles. The third-order valence-corrected chi connectivity index (χ3v) is 7.33. The lowest BCUT2D eigenvalue weighted by Gasteiger charge is -2.17. The van der Waals surface area contributed by atoms with Crippen molar-refractivity contribution in [3.63, 3.8) is 0 Å². The van der Waals surface area contributed by atoms with Crippen LogP contribution in [0.1, 0.15) is 0 Å². The van der Waals surface area contributed by atoms with E-state index in [4.69, 9.17) is 10.9 Å². The molecule has 0 saturated heterocycles. The van der Waals surface area contributed by atoms with Crippen molar-refractivity contribution < 1.29 is 21.9 Å². The number of sulfonamides is 2. The molecule has 3 heterocycles. The zero-order chi connectivity index (χ0) is 23.8. The Morgan fingerprint density at radius 2 is 1.97 bits per heavy atom. The fourth-order valence-electron chi connectivity index (χ4n) is 3.23. The van der Waals surface area contributed by atoms with E-state index >= 15 is 0 Å². The molecule has 174 valence electrons. The summed E-state index contributed by atoms with van der Waals surface area (Å²) in [6.45, 7) is -0.631. The van der Waals surface area contributed by atoms with Crippen molar-refractivity contribution in [3.8, 4) is 22.5 Å². The van der Waals surface area contributed by atoms with Crippen molar-refractivity contribution in [2.24, 2.45) is 10.9 Å². The number of rotatable bonds is 8. The zero-order valence-corrected chi connectivity index (χ0v) is 18.5. The van der Waals surface area contributed by atoms with Gasteiger partial charge in [-0.3, -0.25) is 0 Å². The molecule has 0 aliphatic carbocycles. The number of aliphatic hydroxyl groups excluding tert-OH is 1. The number of nitrogens with zero attached hydrogens (tertiary/aromatic N) is 5. The number of aliphatic hydroxyl groups is 1. The van der Waals surface area contributed by atoms with Crippen LogP contribution >= 0.6 is 0 Å². The molecule has 0 spiro atoms. The van der Waals surface area contributed by atoms with Gasteiger partial charge in [-0.05, 0) is 34.5 Å². The number of nitrogens with two attached hydrogens (primary N) is 2. The van der Waals surface area contributed by atoms with Crippen LogP contribution in [0.25, 0.3) is 28.2 Å². The Morgan fingerprint density at radius 3 is 2.64 bits per heavy atom. The highest BCUT2D eigenvalue weighted by atomic mass is 32.2. The number of fused-ring (bicyclic) bond motifs is 1. The SMILES string of the molecule is NC[C@H](O)CNS(=O)(=O)c1ccc(-c2ccc3nccn3c2)c(-c2nn[nH]n2)c1S(N)(=O)=O. The average Bonchev–Trinajstić information content (AvgIpc) is 3.47. The summed E-state index contributed by atoms with van der Waals surface area (Å²) >= 11 is 0. The van der Waals surface area contributed by atoms with Gasteiger partial charge in [0.2, 0.25) is 25.9 Å². The Bertz CT molecular complexity index is 1520. The zero-order valence-electron chi connectivity index (χ0n) is 16.8. The first-order valence-electron chi connectivity index (χ1n) is 9.36. The van der Waals surface area contributed by atoms with Crippen LogP contribution in [0.2, 0.25) is 0 Å². The number of H-pyrrole nitrogens is 1. The molecule has 0 fully saturated rings. The first-order valence-corrected chi connectivity index (χ1v) is 12.4. The molecule has 14 nitrogen and oxygen atoms in total. The molecule has 0 amide bonds. The van der Waals surface area contributed by atoms with Crippen LogP contribution in [0.3, 0.4) is 0 Å². The largest absolute Gasteiger partial charge is 0.390 e. The van der Waals surface area contributed by atoms with Gasteiger partial charge >= 0.3 is 0 Å². The molecule has 7 N–H and O–H groups in total. The van der Waals surface area contributed by atoms with E-state index in [1.54, 1.807) is 35.1 Å². The van der Waals surface area contributed by atoms with E-state index in [1.807, 2.05) is 0 Å². The number of aromatic nitrogens is 6. The Balaban J connectivity index is 2.00. The number of imidazole rings is 1. The minimum absolute atomic E-state index is 0.159. The van der Waals surface area contributed by atoms with Crippen molar-refractivity contribution in [1.29, 1.82) is 0 Å². The van der Waals surface area contributed by atoms with Crippen LogP contribution in [0.15, 0.2) is 52.6 Å². The smallest absolute Gasteiger partial charge is 0.242 e. The van der Waals surface area contributed by atoms with Gasteiger partial charge in [0.05, 0.1) is 11.7 Å². The van der Waals surface area contributed by atoms with Crippen LogP contribution in [0, 0.1) is 0 Å². The summed E-state index contributed by atoms with van der Waals surface area (Å²) in [7, 11) is -9.07. The fraction of sp³-hybridized carbons (Fsp3) is 0.176. The fourth-order valence-corrected chi connectivity index (χ4v) is 5.91. The molecule has 4 aromatic rings. The monoisotopic (exact) mass is 493 g/mol. The normalized spacial score (nSPS) is 13.4. The number of benzene rings is 1. The van der Waals surface area contributed by atoms with Gasteiger partial charge in [-0.1, -0.05) is 6.07 Å². The highest BCUT2D eigenvalue weighted by molar-refractivity contribution is 7.92. The summed E-state index contributed by atoms with van der Waals surface area (Å²) in [5.41, 5.74) is 6.60. The van der Waals surface area contributed by atoms with E-state index in [0.717, 1.165) is 6.07 Å². The molecule has 33 heavy (non-hydrogen) atoms. The van der Waals surface area contributed by atoms with Gasteiger partial charge in [-0.15, -0.1) is 10.2 Å². The third kappa shape index (κ3) is 4.47. The molecule has 16 heteroatoms. The van der Waals surface area contributed by atoms with E-state index in [-0.39, 0.29) is 23.5 Å². The summed E-state index contributed by atoms with van der Waals surface area (Å²) in [6.07, 6.45) is 3.79. The number of hydrogen-bond donors (Lipinski definition) is 5. The predicted octanol–water partition coefficient (Wildman–Crippen LogP) is -1.57. The third-order valence-electron chi connectivity index (χ3n) is 4.75. The topological polar surface area (TPSA) is 224 Å². The van der Waals surface area contributed by atoms with Gasteiger partial charge in [0.1, 0.15) is 15.4 Å².